The molecular weight excluding hydrogens is 320 g/mol. The van der Waals surface area contributed by atoms with Crippen molar-refractivity contribution in [1.29, 1.82) is 0 Å². The normalized spacial score (nSPS) is 12.4. The summed E-state index contributed by atoms with van der Waals surface area (Å²) < 4.78 is 6.38. The Kier molecular flexibility index (Phi) is 5.46. The highest BCUT2D eigenvalue weighted by molar-refractivity contribution is 5.89. The maximum Gasteiger partial charge on any atom is 0.407 e. The summed E-state index contributed by atoms with van der Waals surface area (Å²) in [6.07, 6.45) is 1.09. The van der Waals surface area contributed by atoms with Crippen LogP contribution in [0.1, 0.15) is 38.1 Å². The third-order valence-electron chi connectivity index (χ3n) is 4.03. The molecule has 1 aromatic heterocycles. The molecule has 0 unspecified atom stereocenters. The van der Waals surface area contributed by atoms with Crippen molar-refractivity contribution in [3.8, 4) is 5.69 Å². The molecule has 0 aliphatic rings. The minimum absolute atomic E-state index is 0.260. The molecule has 2 rings (SSSR count). The molecule has 0 aliphatic carbocycles. The Hall–Kier alpha value is -2.83. The standard InChI is InChI=1S/C18H24N4O3/c1-12(20-16(23)18(3,4)21-17(24)25-5)15-11-19-22(13(15)2)14-9-7-6-8-10-14/h6-12H,1-5H3,(H,20,23)(H,21,24)/t12-/m1/s1. The first kappa shape index (κ1) is 18.5. The van der Waals surface area contributed by atoms with Crippen LogP contribution in [0.25, 0.3) is 5.69 Å². The van der Waals surface area contributed by atoms with Crippen molar-refractivity contribution in [2.45, 2.75) is 39.3 Å². The van der Waals surface area contributed by atoms with E-state index in [0.717, 1.165) is 16.9 Å². The second-order valence-electron chi connectivity index (χ2n) is 6.37. The zero-order valence-corrected chi connectivity index (χ0v) is 15.2. The summed E-state index contributed by atoms with van der Waals surface area (Å²) in [7, 11) is 1.26. The number of benzene rings is 1. The fourth-order valence-corrected chi connectivity index (χ4v) is 2.49. The number of amides is 2. The topological polar surface area (TPSA) is 85.2 Å². The molecule has 7 nitrogen and oxygen atoms in total. The Bertz CT molecular complexity index is 753. The van der Waals surface area contributed by atoms with Gasteiger partial charge in [0.05, 0.1) is 25.0 Å². The van der Waals surface area contributed by atoms with Gasteiger partial charge in [-0.25, -0.2) is 9.48 Å². The molecule has 2 N–H and O–H groups in total. The van der Waals surface area contributed by atoms with Crippen LogP contribution in [0.15, 0.2) is 36.5 Å². The lowest BCUT2D eigenvalue weighted by molar-refractivity contribution is -0.126. The Morgan fingerprint density at radius 3 is 2.48 bits per heavy atom. The van der Waals surface area contributed by atoms with Crippen LogP contribution in [0.5, 0.6) is 0 Å². The van der Waals surface area contributed by atoms with Crippen LogP contribution in [0.2, 0.25) is 0 Å². The number of para-hydroxylation sites is 1. The number of hydrogen-bond donors (Lipinski definition) is 2. The van der Waals surface area contributed by atoms with Gasteiger partial charge in [0.2, 0.25) is 5.91 Å². The van der Waals surface area contributed by atoms with Crippen molar-refractivity contribution in [3.05, 3.63) is 47.8 Å². The molecule has 0 saturated carbocycles. The molecule has 25 heavy (non-hydrogen) atoms. The molecule has 0 aliphatic heterocycles. The molecule has 0 saturated heterocycles. The summed E-state index contributed by atoms with van der Waals surface area (Å²) >= 11 is 0. The number of alkyl carbamates (subject to hydrolysis) is 1. The van der Waals surface area contributed by atoms with E-state index in [-0.39, 0.29) is 11.9 Å². The Morgan fingerprint density at radius 1 is 1.24 bits per heavy atom. The first-order chi connectivity index (χ1) is 11.8. The lowest BCUT2D eigenvalue weighted by Gasteiger charge is -2.26. The van der Waals surface area contributed by atoms with Gasteiger partial charge in [0.1, 0.15) is 5.54 Å². The average molecular weight is 344 g/mol. The van der Waals surface area contributed by atoms with Gasteiger partial charge in [0.25, 0.3) is 0 Å². The van der Waals surface area contributed by atoms with E-state index in [1.165, 1.54) is 7.11 Å². The van der Waals surface area contributed by atoms with Gasteiger partial charge >= 0.3 is 6.09 Å². The molecule has 2 aromatic rings. The molecular formula is C18H24N4O3. The van der Waals surface area contributed by atoms with Gasteiger partial charge in [-0.2, -0.15) is 5.10 Å². The van der Waals surface area contributed by atoms with E-state index >= 15 is 0 Å². The zero-order valence-electron chi connectivity index (χ0n) is 15.2. The molecule has 0 radical (unpaired) electrons. The molecule has 7 heteroatoms. The highest BCUT2D eigenvalue weighted by atomic mass is 16.5. The molecule has 0 bridgehead atoms. The summed E-state index contributed by atoms with van der Waals surface area (Å²) in [5, 5.41) is 9.84. The number of nitrogens with zero attached hydrogens (tertiary/aromatic N) is 2. The minimum atomic E-state index is -1.09. The molecule has 2 amide bonds. The van der Waals surface area contributed by atoms with Crippen LogP contribution in [0, 0.1) is 6.92 Å². The highest BCUT2D eigenvalue weighted by Gasteiger charge is 2.31. The molecule has 1 atom stereocenters. The Morgan fingerprint density at radius 2 is 1.88 bits per heavy atom. The summed E-state index contributed by atoms with van der Waals surface area (Å²) in [6.45, 7) is 7.07. The Balaban J connectivity index is 2.14. The van der Waals surface area contributed by atoms with E-state index < -0.39 is 11.6 Å². The van der Waals surface area contributed by atoms with Crippen LogP contribution in [0.4, 0.5) is 4.79 Å². The number of aromatic nitrogens is 2. The average Bonchev–Trinajstić information content (AvgIpc) is 2.96. The van der Waals surface area contributed by atoms with Crippen LogP contribution in [-0.4, -0.2) is 34.4 Å². The number of carbonyl (C=O) groups is 2. The van der Waals surface area contributed by atoms with Crippen molar-refractivity contribution >= 4 is 12.0 Å². The zero-order chi connectivity index (χ0) is 18.6. The van der Waals surface area contributed by atoms with Crippen LogP contribution < -0.4 is 10.6 Å². The van der Waals surface area contributed by atoms with Crippen molar-refractivity contribution in [2.75, 3.05) is 7.11 Å². The van der Waals surface area contributed by atoms with Gasteiger partial charge in [-0.1, -0.05) is 18.2 Å². The van der Waals surface area contributed by atoms with E-state index in [0.29, 0.717) is 0 Å². The third-order valence-corrected chi connectivity index (χ3v) is 4.03. The number of rotatable bonds is 5. The van der Waals surface area contributed by atoms with Crippen LogP contribution in [0.3, 0.4) is 0 Å². The largest absolute Gasteiger partial charge is 0.453 e. The predicted molar refractivity (Wildman–Crippen MR) is 94.5 cm³/mol. The second kappa shape index (κ2) is 7.38. The predicted octanol–water partition coefficient (Wildman–Crippen LogP) is 2.49. The third kappa shape index (κ3) is 4.17. The molecule has 0 spiro atoms. The highest BCUT2D eigenvalue weighted by Crippen LogP contribution is 2.20. The summed E-state index contributed by atoms with van der Waals surface area (Å²) in [6, 6.07) is 9.52. The van der Waals surface area contributed by atoms with Crippen molar-refractivity contribution in [2.24, 2.45) is 0 Å². The lowest BCUT2D eigenvalue weighted by atomic mass is 10.0. The minimum Gasteiger partial charge on any atom is -0.453 e. The second-order valence-corrected chi connectivity index (χ2v) is 6.37. The van der Waals surface area contributed by atoms with E-state index in [2.05, 4.69) is 20.5 Å². The monoisotopic (exact) mass is 344 g/mol. The van der Waals surface area contributed by atoms with Crippen molar-refractivity contribution in [1.82, 2.24) is 20.4 Å². The molecule has 1 heterocycles. The van der Waals surface area contributed by atoms with E-state index in [1.807, 2.05) is 48.9 Å². The number of methoxy groups -OCH3 is 1. The SMILES string of the molecule is COC(=O)NC(C)(C)C(=O)N[C@H](C)c1cnn(-c2ccccc2)c1C. The fourth-order valence-electron chi connectivity index (χ4n) is 2.49. The number of ether oxygens (including phenoxy) is 1. The van der Waals surface area contributed by atoms with Gasteiger partial charge in [-0.05, 0) is 39.8 Å². The first-order valence-electron chi connectivity index (χ1n) is 8.03. The van der Waals surface area contributed by atoms with Crippen molar-refractivity contribution in [3.63, 3.8) is 0 Å². The smallest absolute Gasteiger partial charge is 0.407 e. The maximum atomic E-state index is 12.5. The van der Waals surface area contributed by atoms with E-state index in [4.69, 9.17) is 0 Å². The summed E-state index contributed by atoms with van der Waals surface area (Å²) in [5.74, 6) is -0.308. The van der Waals surface area contributed by atoms with Gasteiger partial charge < -0.3 is 15.4 Å². The van der Waals surface area contributed by atoms with Gasteiger partial charge in [0.15, 0.2) is 0 Å². The first-order valence-corrected chi connectivity index (χ1v) is 8.03. The van der Waals surface area contributed by atoms with Crippen molar-refractivity contribution < 1.29 is 14.3 Å². The summed E-state index contributed by atoms with van der Waals surface area (Å²) in [5.41, 5.74) is 1.71. The van der Waals surface area contributed by atoms with Crippen LogP contribution >= 0.6 is 0 Å². The quantitative estimate of drug-likeness (QED) is 0.873. The fraction of sp³-hybridized carbons (Fsp3) is 0.389. The van der Waals surface area contributed by atoms with Gasteiger partial charge in [-0.15, -0.1) is 0 Å². The van der Waals surface area contributed by atoms with Gasteiger partial charge in [0, 0.05) is 11.3 Å². The molecule has 1 aromatic carbocycles. The van der Waals surface area contributed by atoms with Crippen LogP contribution in [-0.2, 0) is 9.53 Å². The number of nitrogens with one attached hydrogen (secondary N) is 2. The molecule has 0 fully saturated rings. The van der Waals surface area contributed by atoms with Gasteiger partial charge in [-0.3, -0.25) is 4.79 Å². The summed E-state index contributed by atoms with van der Waals surface area (Å²) in [4.78, 5) is 23.9. The van der Waals surface area contributed by atoms with E-state index in [1.54, 1.807) is 20.0 Å². The molecule has 134 valence electrons. The number of hydrogen-bond acceptors (Lipinski definition) is 4. The lowest BCUT2D eigenvalue weighted by Crippen LogP contribution is -2.55. The Labute approximate surface area is 147 Å². The maximum absolute atomic E-state index is 12.5. The number of carbonyl (C=O) groups excluding carboxylic acids is 2. The van der Waals surface area contributed by atoms with E-state index in [9.17, 15) is 9.59 Å².